The summed E-state index contributed by atoms with van der Waals surface area (Å²) >= 11 is 0. The molecule has 0 bridgehead atoms. The van der Waals surface area contributed by atoms with Crippen molar-refractivity contribution in [2.24, 2.45) is 5.92 Å². The number of hydrogen-bond donors (Lipinski definition) is 1. The molecule has 4 aromatic carbocycles. The maximum absolute atomic E-state index is 11.9. The zero-order chi connectivity index (χ0) is 34.5. The third-order valence-corrected chi connectivity index (χ3v) is 9.57. The normalized spacial score (nSPS) is 16.5. The molecule has 0 aliphatic heterocycles. The van der Waals surface area contributed by atoms with Gasteiger partial charge in [0, 0.05) is 24.2 Å². The topological polar surface area (TPSA) is 72.8 Å². The van der Waals surface area contributed by atoms with Gasteiger partial charge in [-0.3, -0.25) is 4.79 Å². The summed E-state index contributed by atoms with van der Waals surface area (Å²) in [5.74, 6) is 1.26. The van der Waals surface area contributed by atoms with Crippen molar-refractivity contribution in [3.05, 3.63) is 108 Å². The van der Waals surface area contributed by atoms with Crippen molar-refractivity contribution in [1.29, 1.82) is 0 Å². The summed E-state index contributed by atoms with van der Waals surface area (Å²) in [4.78, 5) is 21.4. The molecule has 0 saturated heterocycles. The number of unbranched alkanes of at least 4 members (excludes halogenated alkanes) is 2. The van der Waals surface area contributed by atoms with Gasteiger partial charge in [0.25, 0.3) is 0 Å². The van der Waals surface area contributed by atoms with Crippen LogP contribution in [0.15, 0.2) is 97.1 Å². The van der Waals surface area contributed by atoms with Crippen LogP contribution >= 0.6 is 0 Å². The van der Waals surface area contributed by atoms with Crippen molar-refractivity contribution in [3.8, 4) is 11.1 Å². The van der Waals surface area contributed by atoms with E-state index in [0.29, 0.717) is 24.4 Å². The third-order valence-electron chi connectivity index (χ3n) is 9.57. The fourth-order valence-electron chi connectivity index (χ4n) is 6.64. The molecule has 254 valence electrons. The van der Waals surface area contributed by atoms with Crippen LogP contribution in [0.5, 0.6) is 0 Å². The van der Waals surface area contributed by atoms with Crippen molar-refractivity contribution in [2.75, 3.05) is 26.9 Å². The SMILES string of the molecule is C=C(C)C(=O)OCC(COC)c1ccc2cc(-c3ccc4cc(C5CCC(CCCCC)CC5)ccc4c3)ccc2c1.C=C(C=O)CO. The minimum absolute atomic E-state index is 0.0337. The average Bonchev–Trinajstić information content (AvgIpc) is 3.12. The second-order valence-corrected chi connectivity index (χ2v) is 13.3. The van der Waals surface area contributed by atoms with E-state index >= 15 is 0 Å². The monoisotopic (exact) mass is 648 g/mol. The summed E-state index contributed by atoms with van der Waals surface area (Å²) in [6.45, 7) is 11.3. The van der Waals surface area contributed by atoms with E-state index in [9.17, 15) is 9.59 Å². The van der Waals surface area contributed by atoms with Gasteiger partial charge in [-0.25, -0.2) is 4.79 Å². The van der Waals surface area contributed by atoms with Gasteiger partial charge in [-0.05, 0) is 100 Å². The highest BCUT2D eigenvalue weighted by molar-refractivity contribution is 5.92. The highest BCUT2D eigenvalue weighted by atomic mass is 16.5. The van der Waals surface area contributed by atoms with Crippen molar-refractivity contribution in [3.63, 3.8) is 0 Å². The van der Waals surface area contributed by atoms with Crippen molar-refractivity contribution in [2.45, 2.75) is 77.0 Å². The fraction of sp³-hybridized carbons (Fsp3) is 0.395. The molecule has 5 nitrogen and oxygen atoms in total. The number of aliphatic hydroxyl groups is 1. The smallest absolute Gasteiger partial charge is 0.333 e. The van der Waals surface area contributed by atoms with Crippen LogP contribution in [0.1, 0.15) is 88.2 Å². The summed E-state index contributed by atoms with van der Waals surface area (Å²) in [5, 5.41) is 13.0. The molecule has 1 atom stereocenters. The van der Waals surface area contributed by atoms with Crippen molar-refractivity contribution >= 4 is 33.8 Å². The van der Waals surface area contributed by atoms with E-state index in [4.69, 9.17) is 14.6 Å². The van der Waals surface area contributed by atoms with Gasteiger partial charge in [-0.2, -0.15) is 0 Å². The Morgan fingerprint density at radius 1 is 0.854 bits per heavy atom. The molecule has 1 saturated carbocycles. The summed E-state index contributed by atoms with van der Waals surface area (Å²) in [7, 11) is 1.67. The standard InChI is InChI=1S/C39H46O3.C4H6O2/c1-5-6-7-8-28-9-11-29(12-10-28)30-13-14-32-22-33(16-15-31(32)21-30)34-17-18-36-24-37(20-19-35(36)23-34)38(25-41-4)26-42-39(40)27(2)3;1-4(2-5)3-6/h13-24,28-29,38H,2,5-12,25-26H2,1,3-4H3;2,6H,1,3H2. The number of rotatable bonds is 14. The first-order chi connectivity index (χ1) is 23.3. The molecule has 48 heavy (non-hydrogen) atoms. The Balaban J connectivity index is 0.000000794. The summed E-state index contributed by atoms with van der Waals surface area (Å²) in [6.07, 6.45) is 11.5. The lowest BCUT2D eigenvalue weighted by molar-refractivity contribution is -0.139. The molecule has 0 radical (unpaired) electrons. The Hall–Kier alpha value is -4.06. The van der Waals surface area contributed by atoms with E-state index in [1.54, 1.807) is 14.0 Å². The maximum atomic E-state index is 11.9. The molecule has 1 aliphatic rings. The Labute approximate surface area is 286 Å². The predicted octanol–water partition coefficient (Wildman–Crippen LogP) is 10.1. The number of fused-ring (bicyclic) bond motifs is 2. The molecular formula is C43H52O5. The Bertz CT molecular complexity index is 1690. The summed E-state index contributed by atoms with van der Waals surface area (Å²) in [5.41, 5.74) is 5.68. The van der Waals surface area contributed by atoms with Gasteiger partial charge in [0.15, 0.2) is 0 Å². The van der Waals surface area contributed by atoms with Gasteiger partial charge >= 0.3 is 5.97 Å². The molecule has 0 aromatic heterocycles. The van der Waals surface area contributed by atoms with Crippen LogP contribution in [0.4, 0.5) is 0 Å². The molecule has 1 N–H and O–H groups in total. The average molecular weight is 649 g/mol. The molecular weight excluding hydrogens is 596 g/mol. The molecule has 0 heterocycles. The van der Waals surface area contributed by atoms with E-state index in [-0.39, 0.29) is 30.7 Å². The van der Waals surface area contributed by atoms with Crippen LogP contribution in [-0.4, -0.2) is 44.3 Å². The zero-order valence-electron chi connectivity index (χ0n) is 29.0. The number of benzene rings is 4. The molecule has 1 unspecified atom stereocenters. The van der Waals surface area contributed by atoms with E-state index in [2.05, 4.69) is 92.9 Å². The molecule has 4 aromatic rings. The molecule has 5 rings (SSSR count). The number of ether oxygens (including phenoxy) is 2. The Kier molecular flexibility index (Phi) is 14.2. The van der Waals surface area contributed by atoms with Crippen LogP contribution in [0.3, 0.4) is 0 Å². The highest BCUT2D eigenvalue weighted by Crippen LogP contribution is 2.39. The van der Waals surface area contributed by atoms with E-state index in [1.165, 1.54) is 84.2 Å². The Morgan fingerprint density at radius 2 is 1.46 bits per heavy atom. The second kappa shape index (κ2) is 18.5. The lowest BCUT2D eigenvalue weighted by Crippen LogP contribution is -2.17. The lowest BCUT2D eigenvalue weighted by atomic mass is 9.76. The largest absolute Gasteiger partial charge is 0.462 e. The number of carbonyl (C=O) groups is 2. The summed E-state index contributed by atoms with van der Waals surface area (Å²) in [6, 6.07) is 27.1. The number of carbonyl (C=O) groups excluding carboxylic acids is 2. The number of esters is 1. The van der Waals surface area contributed by atoms with Crippen molar-refractivity contribution in [1.82, 2.24) is 0 Å². The third kappa shape index (κ3) is 10.2. The predicted molar refractivity (Wildman–Crippen MR) is 198 cm³/mol. The molecule has 5 heteroatoms. The van der Waals surface area contributed by atoms with Crippen LogP contribution < -0.4 is 0 Å². The minimum atomic E-state index is -0.367. The first-order valence-corrected chi connectivity index (χ1v) is 17.4. The number of methoxy groups -OCH3 is 1. The van der Waals surface area contributed by atoms with Crippen LogP contribution in [-0.2, 0) is 19.1 Å². The molecule has 0 amide bonds. The van der Waals surface area contributed by atoms with Gasteiger partial charge in [0.1, 0.15) is 12.9 Å². The van der Waals surface area contributed by atoms with Gasteiger partial charge in [-0.15, -0.1) is 0 Å². The zero-order valence-corrected chi connectivity index (χ0v) is 29.0. The molecule has 1 aliphatic carbocycles. The first-order valence-electron chi connectivity index (χ1n) is 17.4. The quantitative estimate of drug-likeness (QED) is 0.0638. The number of aldehydes is 1. The van der Waals surface area contributed by atoms with E-state index in [0.717, 1.165) is 16.9 Å². The van der Waals surface area contributed by atoms with E-state index in [1.807, 2.05) is 0 Å². The van der Waals surface area contributed by atoms with Gasteiger partial charge < -0.3 is 14.6 Å². The van der Waals surface area contributed by atoms with Crippen LogP contribution in [0, 0.1) is 5.92 Å². The van der Waals surface area contributed by atoms with Gasteiger partial charge in [-0.1, -0.05) is 106 Å². The number of hydrogen-bond acceptors (Lipinski definition) is 5. The maximum Gasteiger partial charge on any atom is 0.333 e. The Morgan fingerprint density at radius 3 is 2.02 bits per heavy atom. The highest BCUT2D eigenvalue weighted by Gasteiger charge is 2.22. The fourth-order valence-corrected chi connectivity index (χ4v) is 6.64. The van der Waals surface area contributed by atoms with Gasteiger partial charge in [0.05, 0.1) is 13.2 Å². The molecule has 0 spiro atoms. The number of aliphatic hydroxyl groups excluding tert-OH is 1. The summed E-state index contributed by atoms with van der Waals surface area (Å²) < 4.78 is 10.9. The van der Waals surface area contributed by atoms with E-state index < -0.39 is 0 Å². The van der Waals surface area contributed by atoms with Gasteiger partial charge in [0.2, 0.25) is 0 Å². The minimum Gasteiger partial charge on any atom is -0.462 e. The van der Waals surface area contributed by atoms with Crippen molar-refractivity contribution < 1.29 is 24.2 Å². The first kappa shape index (κ1) is 36.8. The second-order valence-electron chi connectivity index (χ2n) is 13.3. The van der Waals surface area contributed by atoms with Crippen LogP contribution in [0.25, 0.3) is 32.7 Å². The lowest BCUT2D eigenvalue weighted by Gasteiger charge is -2.29. The molecule has 1 fully saturated rings. The van der Waals surface area contributed by atoms with Crippen LogP contribution in [0.2, 0.25) is 0 Å².